The molecule has 0 saturated carbocycles. The van der Waals surface area contributed by atoms with Crippen LogP contribution in [0.5, 0.6) is 0 Å². The normalized spacial score (nSPS) is 19.8. The van der Waals surface area contributed by atoms with Crippen molar-refractivity contribution in [3.8, 4) is 0 Å². The van der Waals surface area contributed by atoms with Crippen molar-refractivity contribution in [2.45, 2.75) is 59.5 Å². The van der Waals surface area contributed by atoms with Crippen LogP contribution < -0.4 is 5.73 Å². The van der Waals surface area contributed by atoms with Crippen molar-refractivity contribution in [1.29, 1.82) is 0 Å². The Morgan fingerprint density at radius 1 is 1.26 bits per heavy atom. The molecule has 4 heteroatoms. The number of hydrogen-bond donors (Lipinski definition) is 1. The van der Waals surface area contributed by atoms with E-state index in [0.717, 1.165) is 39.0 Å². The fraction of sp³-hybridized carbons (Fsp3) is 0.933. The molecule has 0 aliphatic carbocycles. The van der Waals surface area contributed by atoms with E-state index in [1.165, 1.54) is 0 Å². The van der Waals surface area contributed by atoms with Gasteiger partial charge in [-0.05, 0) is 31.3 Å². The molecular formula is C15H31N3O. The molecule has 0 spiro atoms. The number of piperidine rings is 1. The number of nitrogens with two attached hydrogens (primary N) is 1. The van der Waals surface area contributed by atoms with Gasteiger partial charge in [-0.25, -0.2) is 0 Å². The minimum atomic E-state index is -0.391. The molecule has 112 valence electrons. The smallest absolute Gasteiger partial charge is 0.240 e. The molecule has 1 saturated heterocycles. The number of likely N-dealkylation sites (tertiary alicyclic amines) is 1. The first-order valence-corrected chi connectivity index (χ1v) is 7.59. The molecule has 1 amide bonds. The molecular weight excluding hydrogens is 238 g/mol. The third-order valence-corrected chi connectivity index (χ3v) is 4.30. The monoisotopic (exact) mass is 269 g/mol. The van der Waals surface area contributed by atoms with Crippen LogP contribution in [0.3, 0.4) is 0 Å². The van der Waals surface area contributed by atoms with Crippen molar-refractivity contribution in [3.05, 3.63) is 0 Å². The van der Waals surface area contributed by atoms with E-state index in [1.54, 1.807) is 0 Å². The lowest BCUT2D eigenvalue weighted by Crippen LogP contribution is -2.54. The fourth-order valence-corrected chi connectivity index (χ4v) is 2.76. The number of carbonyl (C=O) groups excluding carboxylic acids is 1. The van der Waals surface area contributed by atoms with Crippen molar-refractivity contribution in [2.24, 2.45) is 11.1 Å². The van der Waals surface area contributed by atoms with Gasteiger partial charge in [0.1, 0.15) is 0 Å². The molecule has 2 N–H and O–H groups in total. The molecule has 0 unspecified atom stereocenters. The Bertz CT molecular complexity index is 286. The summed E-state index contributed by atoms with van der Waals surface area (Å²) >= 11 is 0. The maximum atomic E-state index is 12.3. The second-order valence-electron chi connectivity index (χ2n) is 6.62. The van der Waals surface area contributed by atoms with Crippen LogP contribution in [0.1, 0.15) is 47.5 Å². The van der Waals surface area contributed by atoms with Gasteiger partial charge in [0.15, 0.2) is 0 Å². The molecule has 0 bridgehead atoms. The molecule has 1 rings (SSSR count). The molecule has 0 aromatic carbocycles. The molecule has 19 heavy (non-hydrogen) atoms. The highest BCUT2D eigenvalue weighted by molar-refractivity contribution is 5.82. The Labute approximate surface area is 118 Å². The molecule has 1 atom stereocenters. The molecule has 0 aromatic rings. The molecule has 4 nitrogen and oxygen atoms in total. The van der Waals surface area contributed by atoms with Crippen LogP contribution in [0.2, 0.25) is 0 Å². The van der Waals surface area contributed by atoms with Crippen LogP contribution in [-0.2, 0) is 4.79 Å². The number of nitrogens with zero attached hydrogens (tertiary/aromatic N) is 2. The standard InChI is InChI=1S/C15H31N3O/c1-6-17(7-2)12-8-10-18(11-9-12)14(19)13(16)15(3,4)5/h12-13H,6-11,16H2,1-5H3/t13-/m1/s1. The summed E-state index contributed by atoms with van der Waals surface area (Å²) in [4.78, 5) is 16.8. The minimum Gasteiger partial charge on any atom is -0.341 e. The Morgan fingerprint density at radius 3 is 2.11 bits per heavy atom. The largest absolute Gasteiger partial charge is 0.341 e. The van der Waals surface area contributed by atoms with Crippen molar-refractivity contribution in [2.75, 3.05) is 26.2 Å². The summed E-state index contributed by atoms with van der Waals surface area (Å²) in [7, 11) is 0. The van der Waals surface area contributed by atoms with Crippen molar-refractivity contribution in [1.82, 2.24) is 9.80 Å². The molecule has 0 aromatic heterocycles. The number of carbonyl (C=O) groups is 1. The van der Waals surface area contributed by atoms with E-state index in [2.05, 4.69) is 18.7 Å². The zero-order chi connectivity index (χ0) is 14.6. The van der Waals surface area contributed by atoms with E-state index < -0.39 is 6.04 Å². The van der Waals surface area contributed by atoms with E-state index in [9.17, 15) is 4.79 Å². The van der Waals surface area contributed by atoms with Crippen LogP contribution >= 0.6 is 0 Å². The average molecular weight is 269 g/mol. The summed E-state index contributed by atoms with van der Waals surface area (Å²) in [5, 5.41) is 0. The van der Waals surface area contributed by atoms with Gasteiger partial charge in [-0.1, -0.05) is 34.6 Å². The maximum absolute atomic E-state index is 12.3. The summed E-state index contributed by atoms with van der Waals surface area (Å²) < 4.78 is 0. The van der Waals surface area contributed by atoms with Crippen LogP contribution in [0, 0.1) is 5.41 Å². The van der Waals surface area contributed by atoms with E-state index in [1.807, 2.05) is 25.7 Å². The minimum absolute atomic E-state index is 0.116. The Balaban J connectivity index is 2.52. The Morgan fingerprint density at radius 2 is 1.74 bits per heavy atom. The molecule has 1 fully saturated rings. The predicted molar refractivity (Wildman–Crippen MR) is 80.0 cm³/mol. The van der Waals surface area contributed by atoms with Gasteiger partial charge in [0.2, 0.25) is 5.91 Å². The quantitative estimate of drug-likeness (QED) is 0.845. The first kappa shape index (κ1) is 16.4. The van der Waals surface area contributed by atoms with Gasteiger partial charge in [-0.2, -0.15) is 0 Å². The van der Waals surface area contributed by atoms with E-state index in [4.69, 9.17) is 5.73 Å². The highest BCUT2D eigenvalue weighted by Crippen LogP contribution is 2.22. The first-order chi connectivity index (χ1) is 8.81. The summed E-state index contributed by atoms with van der Waals surface area (Å²) in [6.07, 6.45) is 2.15. The number of amides is 1. The van der Waals surface area contributed by atoms with E-state index in [-0.39, 0.29) is 11.3 Å². The second-order valence-corrected chi connectivity index (χ2v) is 6.62. The SMILES string of the molecule is CCN(CC)C1CCN(C(=O)[C@@H](N)C(C)(C)C)CC1. The molecule has 0 radical (unpaired) electrons. The zero-order valence-electron chi connectivity index (χ0n) is 13.3. The second kappa shape index (κ2) is 6.71. The Hall–Kier alpha value is -0.610. The summed E-state index contributed by atoms with van der Waals surface area (Å²) in [6.45, 7) is 14.4. The van der Waals surface area contributed by atoms with Gasteiger partial charge in [0.25, 0.3) is 0 Å². The first-order valence-electron chi connectivity index (χ1n) is 7.59. The molecule has 1 heterocycles. The topological polar surface area (TPSA) is 49.6 Å². The lowest BCUT2D eigenvalue weighted by Gasteiger charge is -2.40. The lowest BCUT2D eigenvalue weighted by atomic mass is 9.86. The Kier molecular flexibility index (Phi) is 5.81. The van der Waals surface area contributed by atoms with Crippen molar-refractivity contribution < 1.29 is 4.79 Å². The summed E-state index contributed by atoms with van der Waals surface area (Å²) in [5.41, 5.74) is 5.91. The highest BCUT2D eigenvalue weighted by atomic mass is 16.2. The number of rotatable bonds is 4. The number of hydrogen-bond acceptors (Lipinski definition) is 3. The predicted octanol–water partition coefficient (Wildman–Crippen LogP) is 1.69. The van der Waals surface area contributed by atoms with Crippen LogP contribution in [-0.4, -0.2) is 54.0 Å². The third-order valence-electron chi connectivity index (χ3n) is 4.30. The average Bonchev–Trinajstić information content (AvgIpc) is 2.38. The lowest BCUT2D eigenvalue weighted by molar-refractivity contribution is -0.136. The van der Waals surface area contributed by atoms with Crippen LogP contribution in [0.25, 0.3) is 0 Å². The fourth-order valence-electron chi connectivity index (χ4n) is 2.76. The molecule has 1 aliphatic heterocycles. The highest BCUT2D eigenvalue weighted by Gasteiger charge is 2.33. The van der Waals surface area contributed by atoms with E-state index >= 15 is 0 Å². The zero-order valence-corrected chi connectivity index (χ0v) is 13.3. The van der Waals surface area contributed by atoms with Gasteiger partial charge < -0.3 is 15.5 Å². The molecule has 1 aliphatic rings. The third kappa shape index (κ3) is 4.18. The van der Waals surface area contributed by atoms with Crippen LogP contribution in [0.4, 0.5) is 0 Å². The van der Waals surface area contributed by atoms with Gasteiger partial charge in [0.05, 0.1) is 6.04 Å². The van der Waals surface area contributed by atoms with Crippen LogP contribution in [0.15, 0.2) is 0 Å². The summed E-state index contributed by atoms with van der Waals surface area (Å²) in [6, 6.07) is 0.238. The maximum Gasteiger partial charge on any atom is 0.240 e. The van der Waals surface area contributed by atoms with Gasteiger partial charge in [-0.15, -0.1) is 0 Å². The van der Waals surface area contributed by atoms with Gasteiger partial charge >= 0.3 is 0 Å². The van der Waals surface area contributed by atoms with E-state index in [0.29, 0.717) is 6.04 Å². The van der Waals surface area contributed by atoms with Gasteiger partial charge in [-0.3, -0.25) is 4.79 Å². The van der Waals surface area contributed by atoms with Crippen molar-refractivity contribution in [3.63, 3.8) is 0 Å². The van der Waals surface area contributed by atoms with Gasteiger partial charge in [0, 0.05) is 19.1 Å². The summed E-state index contributed by atoms with van der Waals surface area (Å²) in [5.74, 6) is 0.116. The van der Waals surface area contributed by atoms with Crippen molar-refractivity contribution >= 4 is 5.91 Å².